The molecule has 1 aliphatic rings. The minimum absolute atomic E-state index is 0.0905. The molecule has 0 saturated carbocycles. The first-order valence-corrected chi connectivity index (χ1v) is 9.43. The van der Waals surface area contributed by atoms with Crippen LogP contribution in [0.4, 0.5) is 14.6 Å². The number of carbonyl (C=O) groups excluding carboxylic acids is 1. The monoisotopic (exact) mass is 390 g/mol. The normalized spacial score (nSPS) is 18.0. The van der Waals surface area contributed by atoms with Gasteiger partial charge in [-0.15, -0.1) is 0 Å². The largest absolute Gasteiger partial charge is 0.434 e. The number of para-hydroxylation sites is 1. The fourth-order valence-electron chi connectivity index (χ4n) is 3.51. The number of nitrogens with zero attached hydrogens (tertiary/aromatic N) is 3. The van der Waals surface area contributed by atoms with Crippen molar-refractivity contribution in [2.24, 2.45) is 5.92 Å². The Morgan fingerprint density at radius 2 is 2.18 bits per heavy atom. The first kappa shape index (κ1) is 20.0. The molecule has 6 nitrogen and oxygen atoms in total. The van der Waals surface area contributed by atoms with Crippen LogP contribution in [0.5, 0.6) is 5.75 Å². The van der Waals surface area contributed by atoms with Gasteiger partial charge in [0.05, 0.1) is 18.2 Å². The number of benzene rings is 1. The minimum atomic E-state index is -2.91. The van der Waals surface area contributed by atoms with Crippen LogP contribution in [0.2, 0.25) is 0 Å². The van der Waals surface area contributed by atoms with E-state index in [4.69, 9.17) is 0 Å². The summed E-state index contributed by atoms with van der Waals surface area (Å²) in [7, 11) is 0. The van der Waals surface area contributed by atoms with Gasteiger partial charge in [0.2, 0.25) is 5.91 Å². The Morgan fingerprint density at radius 3 is 2.89 bits per heavy atom. The Kier molecular flexibility index (Phi) is 6.73. The maximum Gasteiger partial charge on any atom is 0.387 e. The van der Waals surface area contributed by atoms with Gasteiger partial charge < -0.3 is 15.0 Å². The lowest BCUT2D eigenvalue weighted by molar-refractivity contribution is -0.126. The Balaban J connectivity index is 1.69. The highest BCUT2D eigenvalue weighted by Crippen LogP contribution is 2.29. The number of halogens is 2. The molecule has 2 unspecified atom stereocenters. The molecule has 1 amide bonds. The molecule has 0 bridgehead atoms. The Morgan fingerprint density at radius 1 is 1.36 bits per heavy atom. The summed E-state index contributed by atoms with van der Waals surface area (Å²) >= 11 is 0. The van der Waals surface area contributed by atoms with Gasteiger partial charge in [-0.2, -0.15) is 8.78 Å². The van der Waals surface area contributed by atoms with Crippen molar-refractivity contribution in [3.05, 3.63) is 48.4 Å². The second-order valence-corrected chi connectivity index (χ2v) is 6.73. The van der Waals surface area contributed by atoms with Gasteiger partial charge in [-0.05, 0) is 25.3 Å². The summed E-state index contributed by atoms with van der Waals surface area (Å²) in [6, 6.07) is 6.19. The lowest BCUT2D eigenvalue weighted by Crippen LogP contribution is -2.44. The van der Waals surface area contributed by atoms with E-state index < -0.39 is 12.7 Å². The number of carbonyl (C=O) groups is 1. The molecule has 0 radical (unpaired) electrons. The van der Waals surface area contributed by atoms with Crippen molar-refractivity contribution in [2.75, 3.05) is 18.0 Å². The van der Waals surface area contributed by atoms with Crippen molar-refractivity contribution in [2.45, 2.75) is 38.8 Å². The molecule has 1 saturated heterocycles. The molecule has 1 fully saturated rings. The van der Waals surface area contributed by atoms with E-state index >= 15 is 0 Å². The maximum atomic E-state index is 12.9. The van der Waals surface area contributed by atoms with Crippen LogP contribution in [-0.2, 0) is 4.79 Å². The van der Waals surface area contributed by atoms with Crippen LogP contribution in [0.15, 0.2) is 42.9 Å². The molecule has 1 aromatic heterocycles. The van der Waals surface area contributed by atoms with Gasteiger partial charge in [0.1, 0.15) is 11.6 Å². The quantitative estimate of drug-likeness (QED) is 0.783. The molecule has 1 N–H and O–H groups in total. The van der Waals surface area contributed by atoms with Gasteiger partial charge in [0.25, 0.3) is 0 Å². The maximum absolute atomic E-state index is 12.9. The number of hydrogen-bond donors (Lipinski definition) is 1. The lowest BCUT2D eigenvalue weighted by atomic mass is 9.95. The highest BCUT2D eigenvalue weighted by Gasteiger charge is 2.28. The van der Waals surface area contributed by atoms with Gasteiger partial charge in [-0.3, -0.25) is 9.78 Å². The van der Waals surface area contributed by atoms with Gasteiger partial charge in [0, 0.05) is 31.0 Å². The molecular formula is C20H24F2N4O2. The first-order valence-electron chi connectivity index (χ1n) is 9.43. The molecule has 1 aliphatic heterocycles. The summed E-state index contributed by atoms with van der Waals surface area (Å²) in [5.41, 5.74) is 0.556. The van der Waals surface area contributed by atoms with E-state index in [1.54, 1.807) is 36.8 Å². The number of ether oxygens (including phenoxy) is 1. The predicted octanol–water partition coefficient (Wildman–Crippen LogP) is 3.56. The summed E-state index contributed by atoms with van der Waals surface area (Å²) in [5, 5.41) is 3.01. The predicted molar refractivity (Wildman–Crippen MR) is 101 cm³/mol. The molecule has 2 atom stereocenters. The number of hydrogen-bond acceptors (Lipinski definition) is 5. The zero-order valence-corrected chi connectivity index (χ0v) is 15.7. The molecule has 0 spiro atoms. The molecular weight excluding hydrogens is 366 g/mol. The Labute approximate surface area is 162 Å². The van der Waals surface area contributed by atoms with Gasteiger partial charge in [0.15, 0.2) is 0 Å². The molecule has 28 heavy (non-hydrogen) atoms. The second-order valence-electron chi connectivity index (χ2n) is 6.73. The molecule has 8 heteroatoms. The van der Waals surface area contributed by atoms with Crippen LogP contribution in [0.3, 0.4) is 0 Å². The number of rotatable bonds is 7. The number of alkyl halides is 2. The van der Waals surface area contributed by atoms with E-state index in [-0.39, 0.29) is 17.6 Å². The van der Waals surface area contributed by atoms with Crippen molar-refractivity contribution in [1.29, 1.82) is 0 Å². The summed E-state index contributed by atoms with van der Waals surface area (Å²) < 4.78 is 30.0. The van der Waals surface area contributed by atoms with Crippen molar-refractivity contribution in [3.63, 3.8) is 0 Å². The van der Waals surface area contributed by atoms with Crippen molar-refractivity contribution in [1.82, 2.24) is 15.3 Å². The van der Waals surface area contributed by atoms with Crippen LogP contribution in [0, 0.1) is 5.92 Å². The third kappa shape index (κ3) is 4.94. The number of aromatic nitrogens is 2. The highest BCUT2D eigenvalue weighted by atomic mass is 19.3. The minimum Gasteiger partial charge on any atom is -0.434 e. The number of piperidine rings is 1. The van der Waals surface area contributed by atoms with Crippen LogP contribution in [-0.4, -0.2) is 35.6 Å². The fourth-order valence-corrected chi connectivity index (χ4v) is 3.51. The van der Waals surface area contributed by atoms with Gasteiger partial charge in [-0.1, -0.05) is 25.1 Å². The average Bonchev–Trinajstić information content (AvgIpc) is 2.73. The SMILES string of the molecule is CCC(NC(=O)C1CCCN(c2cnccn2)C1)c1ccccc1OC(F)F. The van der Waals surface area contributed by atoms with E-state index in [0.717, 1.165) is 25.2 Å². The highest BCUT2D eigenvalue weighted by molar-refractivity contribution is 5.80. The van der Waals surface area contributed by atoms with E-state index in [1.165, 1.54) is 6.07 Å². The second kappa shape index (κ2) is 9.43. The molecule has 3 rings (SSSR count). The van der Waals surface area contributed by atoms with Crippen LogP contribution in [0.25, 0.3) is 0 Å². The molecule has 0 aliphatic carbocycles. The van der Waals surface area contributed by atoms with E-state index in [9.17, 15) is 13.6 Å². The molecule has 150 valence electrons. The zero-order chi connectivity index (χ0) is 19.9. The van der Waals surface area contributed by atoms with Crippen LogP contribution in [0.1, 0.15) is 37.8 Å². The number of nitrogens with one attached hydrogen (secondary N) is 1. The summed E-state index contributed by atoms with van der Waals surface area (Å²) in [4.78, 5) is 23.3. The topological polar surface area (TPSA) is 67.4 Å². The smallest absolute Gasteiger partial charge is 0.387 e. The summed E-state index contributed by atoms with van der Waals surface area (Å²) in [5.74, 6) is 0.553. The summed E-state index contributed by atoms with van der Waals surface area (Å²) in [6.07, 6.45) is 7.14. The number of anilines is 1. The first-order chi connectivity index (χ1) is 13.6. The molecule has 1 aromatic carbocycles. The van der Waals surface area contributed by atoms with E-state index in [1.807, 2.05) is 6.92 Å². The summed E-state index contributed by atoms with van der Waals surface area (Å²) in [6.45, 7) is 0.366. The Hall–Kier alpha value is -2.77. The Bertz CT molecular complexity index is 776. The van der Waals surface area contributed by atoms with Gasteiger partial charge in [-0.25, -0.2) is 4.98 Å². The standard InChI is InChI=1S/C20H24F2N4O2/c1-2-16(15-7-3-4-8-17(15)28-20(21)22)25-19(27)14-6-5-11-26(13-14)18-12-23-9-10-24-18/h3-4,7-10,12,14,16,20H,2,5-6,11,13H2,1H3,(H,25,27). The van der Waals surface area contributed by atoms with Gasteiger partial charge >= 0.3 is 6.61 Å². The van der Waals surface area contributed by atoms with E-state index in [0.29, 0.717) is 18.5 Å². The third-order valence-electron chi connectivity index (χ3n) is 4.90. The molecule has 2 heterocycles. The fraction of sp³-hybridized carbons (Fsp3) is 0.450. The average molecular weight is 390 g/mol. The van der Waals surface area contributed by atoms with Crippen LogP contribution < -0.4 is 15.0 Å². The van der Waals surface area contributed by atoms with Crippen LogP contribution >= 0.6 is 0 Å². The third-order valence-corrected chi connectivity index (χ3v) is 4.90. The lowest BCUT2D eigenvalue weighted by Gasteiger charge is -2.33. The van der Waals surface area contributed by atoms with Crippen molar-refractivity contribution in [3.8, 4) is 5.75 Å². The molecule has 2 aromatic rings. The zero-order valence-electron chi connectivity index (χ0n) is 15.7. The van der Waals surface area contributed by atoms with Crippen molar-refractivity contribution < 1.29 is 18.3 Å². The van der Waals surface area contributed by atoms with E-state index in [2.05, 4.69) is 24.9 Å². The van der Waals surface area contributed by atoms with Crippen molar-refractivity contribution >= 4 is 11.7 Å². The number of amides is 1.